The monoisotopic (exact) mass is 461 g/mol. The molecule has 0 N–H and O–H groups in total. The van der Waals surface area contributed by atoms with E-state index in [1.165, 1.54) is 0 Å². The van der Waals surface area contributed by atoms with Gasteiger partial charge in [-0.25, -0.2) is 0 Å². The van der Waals surface area contributed by atoms with Gasteiger partial charge < -0.3 is 24.4 Å². The Hall–Kier alpha value is 2.73. The topological polar surface area (TPSA) is 83.0 Å². The first-order valence-electron chi connectivity index (χ1n) is 4.12. The van der Waals surface area contributed by atoms with E-state index in [1.54, 1.807) is 27.7 Å². The van der Waals surface area contributed by atoms with Crippen molar-refractivity contribution >= 4 is 32.5 Å². The minimum absolute atomic E-state index is 0. The van der Waals surface area contributed by atoms with Crippen molar-refractivity contribution in [3.05, 3.63) is 13.8 Å². The molecule has 0 aliphatic heterocycles. The van der Waals surface area contributed by atoms with Gasteiger partial charge in [0.1, 0.15) is 0 Å². The second-order valence-electron chi connectivity index (χ2n) is 3.96. The van der Waals surface area contributed by atoms with Crippen molar-refractivity contribution in [1.29, 1.82) is 0 Å². The Labute approximate surface area is 176 Å². The average Bonchev–Trinajstić information content (AvgIpc) is 2.10. The van der Waals surface area contributed by atoms with Crippen LogP contribution in [0.4, 0.5) is 0 Å². The van der Waals surface area contributed by atoms with E-state index in [0.29, 0.717) is 0 Å². The predicted molar refractivity (Wildman–Crippen MR) is 64.1 cm³/mol. The zero-order chi connectivity index (χ0) is 13.2. The van der Waals surface area contributed by atoms with Gasteiger partial charge in [-0.3, -0.25) is 10.1 Å². The molecule has 0 amide bonds. The molecule has 0 aliphatic carbocycles. The summed E-state index contributed by atoms with van der Waals surface area (Å²) in [6.45, 7) is 14.5. The molecule has 0 fully saturated rings. The quantitative estimate of drug-likeness (QED) is 0.187. The molecule has 0 bridgehead atoms. The molecule has 0 aromatic heterocycles. The SMILES string of the molecule is [B].[CH2-]C(C)(C)SOO[O-].[CH2-]C(C)(C)SOO[O-].[Y].[Y]. The molecule has 11 heteroatoms. The van der Waals surface area contributed by atoms with Gasteiger partial charge in [-0.05, 0) is 0 Å². The Morgan fingerprint density at radius 1 is 0.789 bits per heavy atom. The summed E-state index contributed by atoms with van der Waals surface area (Å²) in [5.74, 6) is 0. The first-order valence-corrected chi connectivity index (χ1v) is 5.60. The summed E-state index contributed by atoms with van der Waals surface area (Å²) in [4.78, 5) is 0. The van der Waals surface area contributed by atoms with Crippen LogP contribution in [0.25, 0.3) is 0 Å². The van der Waals surface area contributed by atoms with E-state index in [9.17, 15) is 10.5 Å². The summed E-state index contributed by atoms with van der Waals surface area (Å²) >= 11 is 1.78. The van der Waals surface area contributed by atoms with Gasteiger partial charge in [-0.15, -0.1) is 0 Å². The fourth-order valence-corrected chi connectivity index (χ4v) is 0.636. The van der Waals surface area contributed by atoms with Gasteiger partial charge in [0.15, 0.2) is 0 Å². The van der Waals surface area contributed by atoms with Crippen LogP contribution in [-0.2, 0) is 84.2 Å². The molecule has 0 aromatic carbocycles. The molecule has 0 unspecified atom stereocenters. The Morgan fingerprint density at radius 2 is 1.00 bits per heavy atom. The van der Waals surface area contributed by atoms with Gasteiger partial charge in [0.25, 0.3) is 0 Å². The van der Waals surface area contributed by atoms with E-state index in [1.807, 2.05) is 0 Å². The maximum Gasteiger partial charge on any atom is 0.00350 e. The summed E-state index contributed by atoms with van der Waals surface area (Å²) in [5, 5.41) is 24.6. The zero-order valence-electron chi connectivity index (χ0n) is 11.4. The van der Waals surface area contributed by atoms with E-state index in [0.717, 1.165) is 24.1 Å². The van der Waals surface area contributed by atoms with Crippen LogP contribution in [-0.4, -0.2) is 17.9 Å². The van der Waals surface area contributed by atoms with Gasteiger partial charge in [0, 0.05) is 97.9 Å². The standard InChI is InChI=1S/2C4H9O3S.B.2Y/c2*1-4(2,3)8-7-6-5;;;/h2*5H,1H2,2-3H3;;;/q2*-1;;;/p-2. The van der Waals surface area contributed by atoms with E-state index < -0.39 is 0 Å². The molecule has 0 aliphatic rings. The van der Waals surface area contributed by atoms with Gasteiger partial charge in [0.2, 0.25) is 0 Å². The van der Waals surface area contributed by atoms with Crippen LogP contribution < -0.4 is 10.5 Å². The van der Waals surface area contributed by atoms with Crippen LogP contribution >= 0.6 is 24.1 Å². The third-order valence-corrected chi connectivity index (χ3v) is 1.72. The van der Waals surface area contributed by atoms with Crippen LogP contribution in [0, 0.1) is 13.8 Å². The Balaban J connectivity index is -0.0000000594. The van der Waals surface area contributed by atoms with Gasteiger partial charge >= 0.3 is 0 Å². The fraction of sp³-hybridized carbons (Fsp3) is 0.750. The maximum absolute atomic E-state index is 9.21. The second kappa shape index (κ2) is 18.8. The first-order chi connectivity index (χ1) is 7.12. The minimum Gasteiger partial charge on any atom is -0.691 e. The van der Waals surface area contributed by atoms with Crippen LogP contribution in [0.15, 0.2) is 0 Å². The van der Waals surface area contributed by atoms with Crippen LogP contribution in [0.5, 0.6) is 0 Å². The Kier molecular flexibility index (Phi) is 33.0. The molecule has 0 atom stereocenters. The van der Waals surface area contributed by atoms with Crippen molar-refractivity contribution in [2.24, 2.45) is 0 Å². The van der Waals surface area contributed by atoms with Crippen molar-refractivity contribution in [3.63, 3.8) is 0 Å². The second-order valence-corrected chi connectivity index (χ2v) is 6.77. The minimum atomic E-state index is -0.329. The van der Waals surface area contributed by atoms with Crippen molar-refractivity contribution in [1.82, 2.24) is 0 Å². The van der Waals surface area contributed by atoms with E-state index in [2.05, 4.69) is 32.6 Å². The summed E-state index contributed by atoms with van der Waals surface area (Å²) in [7, 11) is 0. The summed E-state index contributed by atoms with van der Waals surface area (Å²) in [6, 6.07) is 0. The molecule has 5 radical (unpaired) electrons. The van der Waals surface area contributed by atoms with Crippen molar-refractivity contribution in [3.8, 4) is 0 Å². The normalized spacial score (nSPS) is 10.1. The summed E-state index contributed by atoms with van der Waals surface area (Å²) < 4.78 is 7.34. The number of hydrogen-bond acceptors (Lipinski definition) is 8. The molecule has 0 spiro atoms. The van der Waals surface area contributed by atoms with Crippen molar-refractivity contribution < 1.29 is 94.7 Å². The Morgan fingerprint density at radius 3 is 1.05 bits per heavy atom. The van der Waals surface area contributed by atoms with Crippen molar-refractivity contribution in [2.75, 3.05) is 0 Å². The largest absolute Gasteiger partial charge is 0.691 e. The van der Waals surface area contributed by atoms with Crippen LogP contribution in [0.3, 0.4) is 0 Å². The average molecular weight is 461 g/mol. The summed E-state index contributed by atoms with van der Waals surface area (Å²) in [6.07, 6.45) is 0. The molecular weight excluding hydrogens is 445 g/mol. The Bertz CT molecular complexity index is 150. The smallest absolute Gasteiger partial charge is 0.00350 e. The number of rotatable bonds is 6. The van der Waals surface area contributed by atoms with Gasteiger partial charge in [-0.1, -0.05) is 37.2 Å². The summed E-state index contributed by atoms with van der Waals surface area (Å²) in [5.41, 5.74) is 0. The molecule has 6 nitrogen and oxygen atoms in total. The molecule has 0 heterocycles. The van der Waals surface area contributed by atoms with Crippen LogP contribution in [0.2, 0.25) is 0 Å². The zero-order valence-corrected chi connectivity index (χ0v) is 18.7. The third kappa shape index (κ3) is 44.9. The molecule has 0 aromatic rings. The molecule has 0 saturated carbocycles. The van der Waals surface area contributed by atoms with E-state index in [-0.39, 0.29) is 83.3 Å². The third-order valence-electron chi connectivity index (χ3n) is 0.575. The van der Waals surface area contributed by atoms with Gasteiger partial charge in [0.05, 0.1) is 0 Å². The van der Waals surface area contributed by atoms with Gasteiger partial charge in [-0.2, -0.15) is 8.67 Å². The molecular formula is C8H16BO6S2Y2-4. The van der Waals surface area contributed by atoms with Crippen molar-refractivity contribution in [2.45, 2.75) is 37.2 Å². The van der Waals surface area contributed by atoms with E-state index >= 15 is 0 Å². The predicted octanol–water partition coefficient (Wildman–Crippen LogP) is 0.556. The maximum atomic E-state index is 9.21. The molecule has 109 valence electrons. The number of hydrogen-bond donors (Lipinski definition) is 0. The van der Waals surface area contributed by atoms with E-state index in [4.69, 9.17) is 0 Å². The first kappa shape index (κ1) is 33.4. The molecule has 0 rings (SSSR count). The fourth-order valence-electron chi connectivity index (χ4n) is 0.212. The molecule has 0 saturated heterocycles. The van der Waals surface area contributed by atoms with Crippen LogP contribution in [0.1, 0.15) is 27.7 Å². The molecule has 19 heavy (non-hydrogen) atoms.